The van der Waals surface area contributed by atoms with Gasteiger partial charge in [-0.1, -0.05) is 19.3 Å². The van der Waals surface area contributed by atoms with Crippen LogP contribution in [0.25, 0.3) is 22.3 Å². The number of anilines is 1. The highest BCUT2D eigenvalue weighted by molar-refractivity contribution is 5.81. The van der Waals surface area contributed by atoms with Crippen molar-refractivity contribution in [3.05, 3.63) is 39.8 Å². The van der Waals surface area contributed by atoms with Gasteiger partial charge in [0.15, 0.2) is 22.6 Å². The van der Waals surface area contributed by atoms with E-state index in [2.05, 4.69) is 19.9 Å². The van der Waals surface area contributed by atoms with Gasteiger partial charge < -0.3 is 14.9 Å². The summed E-state index contributed by atoms with van der Waals surface area (Å²) in [5, 5.41) is 0. The van der Waals surface area contributed by atoms with Crippen molar-refractivity contribution in [1.29, 1.82) is 0 Å². The van der Waals surface area contributed by atoms with E-state index in [1.807, 2.05) is 0 Å². The minimum Gasteiger partial charge on any atom is -0.382 e. The first-order chi connectivity index (χ1) is 14.9. The number of aryl methyl sites for hydroxylation is 3. The molecule has 0 spiro atoms. The zero-order chi connectivity index (χ0) is 22.1. The van der Waals surface area contributed by atoms with E-state index in [1.54, 1.807) is 29.6 Å². The molecule has 0 aliphatic heterocycles. The van der Waals surface area contributed by atoms with E-state index in [0.29, 0.717) is 35.4 Å². The van der Waals surface area contributed by atoms with Gasteiger partial charge in [-0.05, 0) is 12.8 Å². The molecule has 0 radical (unpaired) electrons. The summed E-state index contributed by atoms with van der Waals surface area (Å²) in [5.74, 6) is 0.281. The fourth-order valence-electron chi connectivity index (χ4n) is 3.66. The Labute approximate surface area is 173 Å². The highest BCUT2D eigenvalue weighted by atomic mass is 16.2. The molecule has 0 bridgehead atoms. The second-order valence-electron chi connectivity index (χ2n) is 7.39. The van der Waals surface area contributed by atoms with Crippen LogP contribution < -0.4 is 17.0 Å². The maximum atomic E-state index is 12.7. The lowest BCUT2D eigenvalue weighted by atomic mass is 10.1. The predicted molar refractivity (Wildman–Crippen MR) is 113 cm³/mol. The van der Waals surface area contributed by atoms with Crippen molar-refractivity contribution in [3.8, 4) is 0 Å². The lowest BCUT2D eigenvalue weighted by molar-refractivity contribution is 0.515. The van der Waals surface area contributed by atoms with Crippen LogP contribution in [-0.2, 0) is 27.2 Å². The molecular weight excluding hydrogens is 386 g/mol. The Morgan fingerprint density at radius 3 is 2.50 bits per heavy atom. The first kappa shape index (κ1) is 18.5. The van der Waals surface area contributed by atoms with E-state index in [-0.39, 0.29) is 23.4 Å². The highest BCUT2D eigenvalue weighted by Gasteiger charge is 2.14. The van der Waals surface area contributed by atoms with Gasteiger partial charge in [-0.25, -0.2) is 24.7 Å². The van der Waals surface area contributed by atoms with Crippen molar-refractivity contribution in [1.82, 2.24) is 38.2 Å². The molecule has 4 aromatic rings. The Morgan fingerprint density at radius 1 is 0.967 bits per heavy atom. The number of unbranched alkanes of at least 4 members (excludes halogenated alkanes) is 4. The van der Waals surface area contributed by atoms with Crippen LogP contribution in [-0.4, -0.2) is 38.2 Å². The van der Waals surface area contributed by atoms with E-state index < -0.39 is 0 Å². The lowest BCUT2D eigenvalue weighted by Gasteiger charge is -2.08. The molecule has 0 amide bonds. The first-order valence-electron chi connectivity index (χ1n) is 10.4. The zero-order valence-electron chi connectivity index (χ0n) is 18.1. The maximum absolute atomic E-state index is 12.7. The van der Waals surface area contributed by atoms with Crippen LogP contribution in [0.2, 0.25) is 0 Å². The first-order valence-corrected chi connectivity index (χ1v) is 9.94. The van der Waals surface area contributed by atoms with Gasteiger partial charge in [0, 0.05) is 27.2 Å². The van der Waals surface area contributed by atoms with E-state index in [4.69, 9.17) is 7.10 Å². The second-order valence-corrected chi connectivity index (χ2v) is 7.39. The van der Waals surface area contributed by atoms with Crippen LogP contribution in [0.4, 0.5) is 5.82 Å². The monoisotopic (exact) mass is 412 g/mol. The topological polar surface area (TPSA) is 131 Å². The number of hydrogen-bond acceptors (Lipinski definition) is 7. The van der Waals surface area contributed by atoms with Gasteiger partial charge in [-0.2, -0.15) is 0 Å². The summed E-state index contributed by atoms with van der Waals surface area (Å²) in [6, 6.07) is 0. The van der Waals surface area contributed by atoms with Crippen LogP contribution in [0.5, 0.6) is 0 Å². The Hall–Kier alpha value is -3.50. The molecule has 0 aliphatic rings. The summed E-state index contributed by atoms with van der Waals surface area (Å²) in [6.07, 6.45) is 7.46. The number of imidazole rings is 2. The van der Waals surface area contributed by atoms with E-state index >= 15 is 0 Å². The van der Waals surface area contributed by atoms with Gasteiger partial charge in [-0.15, -0.1) is 0 Å². The lowest BCUT2D eigenvalue weighted by Crippen LogP contribution is -2.39. The van der Waals surface area contributed by atoms with Crippen LogP contribution in [0.15, 0.2) is 28.5 Å². The molecule has 0 atom stereocenters. The van der Waals surface area contributed by atoms with Gasteiger partial charge in [0.25, 0.3) is 5.56 Å². The maximum Gasteiger partial charge on any atom is 0.332 e. The molecule has 0 aromatic carbocycles. The van der Waals surface area contributed by atoms with Crippen LogP contribution >= 0.6 is 0 Å². The van der Waals surface area contributed by atoms with Gasteiger partial charge in [0.2, 0.25) is 0 Å². The zero-order valence-corrected chi connectivity index (χ0v) is 17.1. The van der Waals surface area contributed by atoms with Crippen LogP contribution in [0.1, 0.15) is 33.5 Å². The van der Waals surface area contributed by atoms with Crippen LogP contribution in [0, 0.1) is 0 Å². The second kappa shape index (κ2) is 8.09. The standard InChI is InChI=1S/C19H25N9O2/c1-25-11-24-17-14(25)18(29)28(19(30)26(17)2)9-7-5-3-4-6-8-27-12-23-13-15(20)21-10-22-16(13)27/h10-12H,3-9H2,1-2H3,(H2,20,21,22)/i12D. The summed E-state index contributed by atoms with van der Waals surface area (Å²) in [7, 11) is 3.38. The number of fused-ring (bicyclic) bond motifs is 2. The summed E-state index contributed by atoms with van der Waals surface area (Å²) in [5.41, 5.74) is 7.04. The average Bonchev–Trinajstić information content (AvgIpc) is 3.29. The Morgan fingerprint density at radius 2 is 1.70 bits per heavy atom. The Kier molecular flexibility index (Phi) is 4.99. The Bertz CT molecular complexity index is 1360. The third-order valence-corrected chi connectivity index (χ3v) is 5.33. The number of hydrogen-bond donors (Lipinski definition) is 1. The molecule has 0 saturated heterocycles. The molecule has 158 valence electrons. The summed E-state index contributed by atoms with van der Waals surface area (Å²) in [6.45, 7) is 1.01. The van der Waals surface area contributed by atoms with Crippen LogP contribution in [0.3, 0.4) is 0 Å². The molecule has 0 unspecified atom stereocenters. The normalized spacial score (nSPS) is 12.1. The molecule has 0 saturated carbocycles. The average molecular weight is 412 g/mol. The third-order valence-electron chi connectivity index (χ3n) is 5.33. The van der Waals surface area contributed by atoms with Crippen molar-refractivity contribution >= 4 is 28.1 Å². The number of aromatic nitrogens is 8. The van der Waals surface area contributed by atoms with Crippen molar-refractivity contribution in [3.63, 3.8) is 0 Å². The highest BCUT2D eigenvalue weighted by Crippen LogP contribution is 2.15. The summed E-state index contributed by atoms with van der Waals surface area (Å²) in [4.78, 5) is 41.6. The largest absolute Gasteiger partial charge is 0.382 e. The van der Waals surface area contributed by atoms with Crippen molar-refractivity contribution < 1.29 is 1.37 Å². The minimum absolute atomic E-state index is 0.128. The van der Waals surface area contributed by atoms with E-state index in [0.717, 1.165) is 32.1 Å². The third kappa shape index (κ3) is 3.46. The molecule has 0 aliphatic carbocycles. The molecule has 4 aromatic heterocycles. The van der Waals surface area contributed by atoms with Crippen molar-refractivity contribution in [2.24, 2.45) is 14.1 Å². The summed E-state index contributed by atoms with van der Waals surface area (Å²) >= 11 is 0. The molecular formula is C19H25N9O2. The molecule has 11 heteroatoms. The van der Waals surface area contributed by atoms with Gasteiger partial charge in [0.1, 0.15) is 13.2 Å². The number of rotatable bonds is 8. The number of nitrogen functional groups attached to an aromatic ring is 1. The predicted octanol–water partition coefficient (Wildman–Crippen LogP) is 0.806. The van der Waals surface area contributed by atoms with Gasteiger partial charge in [0.05, 0.1) is 12.6 Å². The number of nitrogens with two attached hydrogens (primary N) is 1. The van der Waals surface area contributed by atoms with Crippen molar-refractivity contribution in [2.45, 2.75) is 45.2 Å². The molecule has 4 heterocycles. The van der Waals surface area contributed by atoms with E-state index in [1.165, 1.54) is 15.5 Å². The molecule has 0 fully saturated rings. The quantitative estimate of drug-likeness (QED) is 0.424. The smallest absolute Gasteiger partial charge is 0.332 e. The molecule has 30 heavy (non-hydrogen) atoms. The fraction of sp³-hybridized carbons (Fsp3) is 0.474. The minimum atomic E-state index is -0.340. The molecule has 4 rings (SSSR count). The van der Waals surface area contributed by atoms with Crippen molar-refractivity contribution in [2.75, 3.05) is 5.73 Å². The molecule has 11 nitrogen and oxygen atoms in total. The molecule has 2 N–H and O–H groups in total. The summed E-state index contributed by atoms with van der Waals surface area (Å²) < 4.78 is 14.1. The van der Waals surface area contributed by atoms with E-state index in [9.17, 15) is 9.59 Å². The SMILES string of the molecule is [2H]c1nc2c(N)ncnc2n1CCCCCCCn1c(=O)c2c(ncn2C)n(C)c1=O. The van der Waals surface area contributed by atoms with Gasteiger partial charge >= 0.3 is 5.69 Å². The number of nitrogens with zero attached hydrogens (tertiary/aromatic N) is 8. The fourth-order valence-corrected chi connectivity index (χ4v) is 3.66. The Balaban J connectivity index is 1.31. The van der Waals surface area contributed by atoms with Gasteiger partial charge in [-0.3, -0.25) is 13.9 Å².